The average molecular weight is 554 g/mol. The van der Waals surface area contributed by atoms with Gasteiger partial charge in [0.2, 0.25) is 0 Å². The normalized spacial score (nSPS) is 13.5. The van der Waals surface area contributed by atoms with Gasteiger partial charge in [-0.25, -0.2) is 0 Å². The van der Waals surface area contributed by atoms with E-state index in [-0.39, 0.29) is 16.2 Å². The van der Waals surface area contributed by atoms with Crippen LogP contribution in [0.2, 0.25) is 0 Å². The van der Waals surface area contributed by atoms with Crippen LogP contribution in [-0.2, 0) is 26.8 Å². The molecule has 1 aliphatic rings. The number of benzene rings is 3. The summed E-state index contributed by atoms with van der Waals surface area (Å²) in [6.07, 6.45) is 8.38. The van der Waals surface area contributed by atoms with Crippen molar-refractivity contribution in [2.75, 3.05) is 11.4 Å². The number of nitrogens with zero attached hydrogens (tertiary/aromatic N) is 1. The van der Waals surface area contributed by atoms with Crippen molar-refractivity contribution in [1.82, 2.24) is 0 Å². The molecule has 198 valence electrons. The molecule has 0 saturated heterocycles. The predicted molar refractivity (Wildman–Crippen MR) is 146 cm³/mol. The second-order valence-electron chi connectivity index (χ2n) is 8.71. The molecule has 8 nitrogen and oxygen atoms in total. The van der Waals surface area contributed by atoms with E-state index in [1.807, 2.05) is 60.4 Å². The quantitative estimate of drug-likeness (QED) is 0.323. The summed E-state index contributed by atoms with van der Waals surface area (Å²) < 4.78 is 66.7. The van der Waals surface area contributed by atoms with E-state index in [9.17, 15) is 31.0 Å². The van der Waals surface area contributed by atoms with E-state index in [1.54, 1.807) is 12.1 Å². The number of rotatable bonds is 8. The second kappa shape index (κ2) is 11.0. The van der Waals surface area contributed by atoms with Crippen LogP contribution in [0.4, 0.5) is 5.69 Å². The monoisotopic (exact) mass is 553 g/mol. The van der Waals surface area contributed by atoms with E-state index < -0.39 is 25.1 Å². The van der Waals surface area contributed by atoms with E-state index in [0.29, 0.717) is 29.8 Å². The average Bonchev–Trinajstić information content (AvgIpc) is 2.88. The van der Waals surface area contributed by atoms with Crippen LogP contribution in [-0.4, -0.2) is 37.6 Å². The Hall–Kier alpha value is -3.70. The van der Waals surface area contributed by atoms with Gasteiger partial charge in [-0.15, -0.1) is 0 Å². The second-order valence-corrected chi connectivity index (χ2v) is 11.5. The first-order chi connectivity index (χ1) is 18.0. The predicted octanol–water partition coefficient (Wildman–Crippen LogP) is 5.23. The number of phenolic OH excluding ortho intramolecular Hbond substituents is 1. The van der Waals surface area contributed by atoms with Gasteiger partial charge in [0.25, 0.3) is 20.2 Å². The minimum absolute atomic E-state index is 0.171. The molecular weight excluding hydrogens is 526 g/mol. The van der Waals surface area contributed by atoms with Gasteiger partial charge in [0.05, 0.1) is 4.90 Å². The Morgan fingerprint density at radius 3 is 2.16 bits per heavy atom. The molecule has 0 aromatic heterocycles. The number of phenols is 1. The molecule has 3 N–H and O–H groups in total. The van der Waals surface area contributed by atoms with Gasteiger partial charge >= 0.3 is 0 Å². The molecular formula is C28H27NO7S2. The molecule has 3 aromatic rings. The standard InChI is InChI=1S/C28H27NO7S2/c1-2-29(19-20-7-6-10-25(17-20)37(31,32)33)23-13-11-22(12-14-23)28(21-8-4-3-5-9-21)26-16-15-24(30)18-27(26)38(34,35)36/h4-18,30H,2-3,19H2,1H3,(H,31,32,33)(H,34,35,36). The Bertz CT molecular complexity index is 1640. The van der Waals surface area contributed by atoms with Crippen LogP contribution in [0, 0.1) is 0 Å². The zero-order chi connectivity index (χ0) is 27.5. The van der Waals surface area contributed by atoms with Crippen molar-refractivity contribution in [1.29, 1.82) is 0 Å². The summed E-state index contributed by atoms with van der Waals surface area (Å²) in [7, 11) is -8.95. The van der Waals surface area contributed by atoms with Gasteiger partial charge in [-0.05, 0) is 72.0 Å². The molecule has 0 bridgehead atoms. The molecule has 0 spiro atoms. The number of hydrogen-bond acceptors (Lipinski definition) is 6. The highest BCUT2D eigenvalue weighted by Crippen LogP contribution is 2.36. The highest BCUT2D eigenvalue weighted by Gasteiger charge is 2.22. The Kier molecular flexibility index (Phi) is 7.89. The topological polar surface area (TPSA) is 132 Å². The van der Waals surface area contributed by atoms with Gasteiger partial charge in [-0.3, -0.25) is 9.11 Å². The molecule has 0 aliphatic heterocycles. The fraction of sp³-hybridized carbons (Fsp3) is 0.143. The highest BCUT2D eigenvalue weighted by molar-refractivity contribution is 7.86. The van der Waals surface area contributed by atoms with Crippen molar-refractivity contribution in [3.05, 3.63) is 113 Å². The smallest absolute Gasteiger partial charge is 0.295 e. The van der Waals surface area contributed by atoms with Crippen molar-refractivity contribution in [2.24, 2.45) is 0 Å². The van der Waals surface area contributed by atoms with Crippen LogP contribution in [0.3, 0.4) is 0 Å². The molecule has 38 heavy (non-hydrogen) atoms. The van der Waals surface area contributed by atoms with Crippen LogP contribution < -0.4 is 4.90 Å². The van der Waals surface area contributed by atoms with Gasteiger partial charge in [0, 0.05) is 30.4 Å². The summed E-state index contributed by atoms with van der Waals surface area (Å²) >= 11 is 0. The van der Waals surface area contributed by atoms with E-state index >= 15 is 0 Å². The maximum atomic E-state index is 12.2. The van der Waals surface area contributed by atoms with Gasteiger partial charge in [0.1, 0.15) is 10.6 Å². The number of anilines is 1. The van der Waals surface area contributed by atoms with Gasteiger partial charge in [-0.2, -0.15) is 16.8 Å². The zero-order valence-corrected chi connectivity index (χ0v) is 22.2. The molecule has 0 amide bonds. The first-order valence-electron chi connectivity index (χ1n) is 11.8. The van der Waals surface area contributed by atoms with Crippen molar-refractivity contribution in [2.45, 2.75) is 29.7 Å². The Morgan fingerprint density at radius 1 is 0.868 bits per heavy atom. The van der Waals surface area contributed by atoms with Gasteiger partial charge in [0.15, 0.2) is 0 Å². The summed E-state index contributed by atoms with van der Waals surface area (Å²) in [5.74, 6) is -0.285. The van der Waals surface area contributed by atoms with E-state index in [1.165, 1.54) is 24.3 Å². The maximum Gasteiger partial charge on any atom is 0.295 e. The number of aromatic hydroxyl groups is 1. The summed E-state index contributed by atoms with van der Waals surface area (Å²) in [6.45, 7) is 2.96. The van der Waals surface area contributed by atoms with Gasteiger partial charge < -0.3 is 10.0 Å². The molecule has 0 heterocycles. The SMILES string of the molecule is CCN(Cc1cccc(S(=O)(=O)O)c1)c1ccc(C(=C2C=CCC=C2)c2ccc(O)cc2S(=O)(=O)O)cc1. The first kappa shape index (κ1) is 27.3. The lowest BCUT2D eigenvalue weighted by Crippen LogP contribution is -2.22. The fourth-order valence-corrected chi connectivity index (χ4v) is 5.62. The Morgan fingerprint density at radius 2 is 1.55 bits per heavy atom. The fourth-order valence-electron chi connectivity index (χ4n) is 4.35. The molecule has 0 unspecified atom stereocenters. The Balaban J connectivity index is 1.75. The van der Waals surface area contributed by atoms with Crippen LogP contribution in [0.25, 0.3) is 5.57 Å². The highest BCUT2D eigenvalue weighted by atomic mass is 32.2. The van der Waals surface area contributed by atoms with Crippen LogP contribution in [0.5, 0.6) is 5.75 Å². The summed E-state index contributed by atoms with van der Waals surface area (Å²) in [5, 5.41) is 9.90. The lowest BCUT2D eigenvalue weighted by molar-refractivity contribution is 0.466. The van der Waals surface area contributed by atoms with Crippen molar-refractivity contribution in [3.8, 4) is 5.75 Å². The molecule has 4 rings (SSSR count). The lowest BCUT2D eigenvalue weighted by atomic mass is 9.90. The van der Waals surface area contributed by atoms with Crippen molar-refractivity contribution < 1.29 is 31.0 Å². The molecule has 3 aromatic carbocycles. The van der Waals surface area contributed by atoms with Crippen molar-refractivity contribution >= 4 is 31.5 Å². The van der Waals surface area contributed by atoms with E-state index in [0.717, 1.165) is 23.7 Å². The summed E-state index contributed by atoms with van der Waals surface area (Å²) in [4.78, 5) is 1.45. The number of hydrogen-bond donors (Lipinski definition) is 3. The van der Waals surface area contributed by atoms with Crippen molar-refractivity contribution in [3.63, 3.8) is 0 Å². The van der Waals surface area contributed by atoms with Gasteiger partial charge in [-0.1, -0.05) is 48.6 Å². The maximum absolute atomic E-state index is 12.2. The molecule has 0 fully saturated rings. The first-order valence-corrected chi connectivity index (χ1v) is 14.7. The van der Waals surface area contributed by atoms with Crippen LogP contribution in [0.15, 0.2) is 106 Å². The molecule has 1 aliphatic carbocycles. The minimum Gasteiger partial charge on any atom is -0.508 e. The third kappa shape index (κ3) is 6.22. The summed E-state index contributed by atoms with van der Waals surface area (Å²) in [6, 6.07) is 17.4. The molecule has 0 radical (unpaired) electrons. The van der Waals surface area contributed by atoms with E-state index in [2.05, 4.69) is 0 Å². The van der Waals surface area contributed by atoms with E-state index in [4.69, 9.17) is 0 Å². The third-order valence-electron chi connectivity index (χ3n) is 6.14. The molecule has 0 saturated carbocycles. The third-order valence-corrected chi connectivity index (χ3v) is 7.88. The van der Waals surface area contributed by atoms with Crippen LogP contribution >= 0.6 is 0 Å². The number of allylic oxidation sites excluding steroid dienone is 5. The largest absolute Gasteiger partial charge is 0.508 e. The molecule has 0 atom stereocenters. The zero-order valence-electron chi connectivity index (χ0n) is 20.5. The van der Waals surface area contributed by atoms with Crippen LogP contribution in [0.1, 0.15) is 30.0 Å². The lowest BCUT2D eigenvalue weighted by Gasteiger charge is -2.24. The Labute approximate surface area is 222 Å². The summed E-state index contributed by atoms with van der Waals surface area (Å²) in [5.41, 5.74) is 3.80. The minimum atomic E-state index is -4.63. The molecule has 10 heteroatoms.